The number of nitrogens with zero attached hydrogens (tertiary/aromatic N) is 1. The van der Waals surface area contributed by atoms with Gasteiger partial charge in [-0.05, 0) is 45.1 Å². The van der Waals surface area contributed by atoms with Gasteiger partial charge in [0.25, 0.3) is 0 Å². The smallest absolute Gasteiger partial charge is 0.137 e. The lowest BCUT2D eigenvalue weighted by molar-refractivity contribution is 0.113. The van der Waals surface area contributed by atoms with Gasteiger partial charge in [-0.3, -0.25) is 11.3 Å². The Labute approximate surface area is 120 Å². The van der Waals surface area contributed by atoms with Gasteiger partial charge in [-0.15, -0.1) is 0 Å². The SMILES string of the molecule is CCC(C)(C(NN)c1ccc(Cl)c(OC)c1)N(C)C. The third-order valence-corrected chi connectivity index (χ3v) is 4.35. The summed E-state index contributed by atoms with van der Waals surface area (Å²) in [6.45, 7) is 4.33. The van der Waals surface area contributed by atoms with E-state index in [4.69, 9.17) is 22.2 Å². The van der Waals surface area contributed by atoms with E-state index >= 15 is 0 Å². The van der Waals surface area contributed by atoms with E-state index in [-0.39, 0.29) is 11.6 Å². The number of halogens is 1. The van der Waals surface area contributed by atoms with Crippen LogP contribution >= 0.6 is 11.6 Å². The molecule has 0 bridgehead atoms. The molecule has 0 fully saturated rings. The van der Waals surface area contributed by atoms with Crippen LogP contribution in [-0.4, -0.2) is 31.6 Å². The highest BCUT2D eigenvalue weighted by Gasteiger charge is 2.35. The number of rotatable bonds is 6. The number of nitrogens with two attached hydrogens (primary N) is 1. The number of hydrazine groups is 1. The van der Waals surface area contributed by atoms with E-state index in [1.807, 2.05) is 18.2 Å². The number of hydrogen-bond donors (Lipinski definition) is 2. The average Bonchev–Trinajstić information content (AvgIpc) is 2.40. The Bertz CT molecular complexity index is 425. The summed E-state index contributed by atoms with van der Waals surface area (Å²) >= 11 is 6.07. The van der Waals surface area contributed by atoms with E-state index in [0.717, 1.165) is 12.0 Å². The van der Waals surface area contributed by atoms with Gasteiger partial charge in [0.15, 0.2) is 0 Å². The molecular weight excluding hydrogens is 262 g/mol. The molecule has 2 unspecified atom stereocenters. The predicted octanol–water partition coefficient (Wildman–Crippen LogP) is 2.58. The lowest BCUT2D eigenvalue weighted by atomic mass is 9.84. The summed E-state index contributed by atoms with van der Waals surface area (Å²) < 4.78 is 5.27. The van der Waals surface area contributed by atoms with Gasteiger partial charge >= 0.3 is 0 Å². The number of benzene rings is 1. The molecule has 19 heavy (non-hydrogen) atoms. The molecule has 0 saturated heterocycles. The van der Waals surface area contributed by atoms with E-state index in [2.05, 4.69) is 38.3 Å². The molecule has 5 heteroatoms. The zero-order chi connectivity index (χ0) is 14.6. The fourth-order valence-electron chi connectivity index (χ4n) is 2.27. The first-order valence-electron chi connectivity index (χ1n) is 6.37. The molecule has 108 valence electrons. The molecule has 0 aliphatic carbocycles. The Balaban J connectivity index is 3.23. The second-order valence-corrected chi connectivity index (χ2v) is 5.51. The Kier molecular flexibility index (Phi) is 5.62. The molecule has 0 aliphatic heterocycles. The van der Waals surface area contributed by atoms with Crippen LogP contribution in [0.25, 0.3) is 0 Å². The fraction of sp³-hybridized carbons (Fsp3) is 0.571. The molecular formula is C14H24ClN3O. The van der Waals surface area contributed by atoms with Crippen LogP contribution in [0.3, 0.4) is 0 Å². The minimum Gasteiger partial charge on any atom is -0.495 e. The Morgan fingerprint density at radius 1 is 1.47 bits per heavy atom. The van der Waals surface area contributed by atoms with Crippen molar-refractivity contribution in [2.45, 2.75) is 31.8 Å². The van der Waals surface area contributed by atoms with E-state index in [0.29, 0.717) is 10.8 Å². The molecule has 1 aromatic rings. The lowest BCUT2D eigenvalue weighted by Crippen LogP contribution is -2.52. The Morgan fingerprint density at radius 2 is 2.11 bits per heavy atom. The van der Waals surface area contributed by atoms with Crippen LogP contribution in [0.2, 0.25) is 5.02 Å². The molecule has 0 heterocycles. The normalized spacial score (nSPS) is 16.2. The van der Waals surface area contributed by atoms with Crippen molar-refractivity contribution in [3.8, 4) is 5.75 Å². The van der Waals surface area contributed by atoms with Crippen LogP contribution < -0.4 is 16.0 Å². The highest BCUT2D eigenvalue weighted by atomic mass is 35.5. The van der Waals surface area contributed by atoms with Crippen molar-refractivity contribution in [1.82, 2.24) is 10.3 Å². The third kappa shape index (κ3) is 3.20. The van der Waals surface area contributed by atoms with Gasteiger partial charge in [0.1, 0.15) is 5.75 Å². The first-order chi connectivity index (χ1) is 8.90. The number of methoxy groups -OCH3 is 1. The van der Waals surface area contributed by atoms with Gasteiger partial charge in [0.2, 0.25) is 0 Å². The first-order valence-corrected chi connectivity index (χ1v) is 6.75. The van der Waals surface area contributed by atoms with E-state index in [1.165, 1.54) is 0 Å². The monoisotopic (exact) mass is 285 g/mol. The van der Waals surface area contributed by atoms with Crippen molar-refractivity contribution in [1.29, 1.82) is 0 Å². The summed E-state index contributed by atoms with van der Waals surface area (Å²) in [5.41, 5.74) is 3.88. The van der Waals surface area contributed by atoms with E-state index in [9.17, 15) is 0 Å². The number of ether oxygens (including phenoxy) is 1. The molecule has 0 spiro atoms. The van der Waals surface area contributed by atoms with E-state index < -0.39 is 0 Å². The number of likely N-dealkylation sites (N-methyl/N-ethyl adjacent to an activating group) is 1. The minimum atomic E-state index is -0.104. The summed E-state index contributed by atoms with van der Waals surface area (Å²) in [6.07, 6.45) is 0.958. The summed E-state index contributed by atoms with van der Waals surface area (Å²) in [6, 6.07) is 5.74. The van der Waals surface area contributed by atoms with Gasteiger partial charge in [-0.1, -0.05) is 24.6 Å². The highest BCUT2D eigenvalue weighted by molar-refractivity contribution is 6.32. The van der Waals surface area contributed by atoms with E-state index in [1.54, 1.807) is 7.11 Å². The standard InChI is InChI=1S/C14H24ClN3O/c1-6-14(2,18(3)4)13(17-16)10-7-8-11(15)12(9-10)19-5/h7-9,13,17H,6,16H2,1-5H3. The van der Waals surface area contributed by atoms with Crippen molar-refractivity contribution >= 4 is 11.6 Å². The van der Waals surface area contributed by atoms with Crippen molar-refractivity contribution in [2.24, 2.45) is 5.84 Å². The van der Waals surface area contributed by atoms with Crippen molar-refractivity contribution < 1.29 is 4.74 Å². The molecule has 0 aromatic heterocycles. The van der Waals surface area contributed by atoms with Crippen molar-refractivity contribution in [3.05, 3.63) is 28.8 Å². The Hall–Kier alpha value is -0.810. The van der Waals surface area contributed by atoms with Crippen LogP contribution in [0.15, 0.2) is 18.2 Å². The molecule has 0 saturated carbocycles. The van der Waals surface area contributed by atoms with Crippen LogP contribution in [0, 0.1) is 0 Å². The molecule has 1 rings (SSSR count). The fourth-order valence-corrected chi connectivity index (χ4v) is 2.46. The van der Waals surface area contributed by atoms with Crippen LogP contribution in [-0.2, 0) is 0 Å². The number of hydrogen-bond acceptors (Lipinski definition) is 4. The zero-order valence-corrected chi connectivity index (χ0v) is 13.1. The molecule has 0 aliphatic rings. The van der Waals surface area contributed by atoms with Crippen molar-refractivity contribution in [2.75, 3.05) is 21.2 Å². The maximum atomic E-state index is 6.07. The summed E-state index contributed by atoms with van der Waals surface area (Å²) in [5, 5.41) is 0.602. The maximum absolute atomic E-state index is 6.07. The minimum absolute atomic E-state index is 0.0151. The maximum Gasteiger partial charge on any atom is 0.137 e. The van der Waals surface area contributed by atoms with Gasteiger partial charge in [-0.2, -0.15) is 0 Å². The Morgan fingerprint density at radius 3 is 2.53 bits per heavy atom. The average molecular weight is 286 g/mol. The van der Waals surface area contributed by atoms with Crippen molar-refractivity contribution in [3.63, 3.8) is 0 Å². The molecule has 4 nitrogen and oxygen atoms in total. The van der Waals surface area contributed by atoms with Gasteiger partial charge < -0.3 is 9.64 Å². The van der Waals surface area contributed by atoms with Gasteiger partial charge in [0.05, 0.1) is 18.2 Å². The summed E-state index contributed by atoms with van der Waals surface area (Å²) in [4.78, 5) is 2.18. The lowest BCUT2D eigenvalue weighted by Gasteiger charge is -2.42. The predicted molar refractivity (Wildman–Crippen MR) is 80.5 cm³/mol. The second-order valence-electron chi connectivity index (χ2n) is 5.10. The second kappa shape index (κ2) is 6.57. The van der Waals surface area contributed by atoms with Gasteiger partial charge in [-0.25, -0.2) is 0 Å². The quantitative estimate of drug-likeness (QED) is 0.623. The first kappa shape index (κ1) is 16.2. The molecule has 2 atom stereocenters. The molecule has 1 aromatic carbocycles. The van der Waals surface area contributed by atoms with Gasteiger partial charge in [0, 0.05) is 5.54 Å². The van der Waals surface area contributed by atoms with Crippen LogP contribution in [0.4, 0.5) is 0 Å². The molecule has 0 amide bonds. The zero-order valence-electron chi connectivity index (χ0n) is 12.3. The van der Waals surface area contributed by atoms with Crippen LogP contribution in [0.5, 0.6) is 5.75 Å². The molecule has 0 radical (unpaired) electrons. The van der Waals surface area contributed by atoms with Crippen LogP contribution in [0.1, 0.15) is 31.9 Å². The summed E-state index contributed by atoms with van der Waals surface area (Å²) in [7, 11) is 5.73. The number of nitrogens with one attached hydrogen (secondary N) is 1. The third-order valence-electron chi connectivity index (χ3n) is 4.03. The molecule has 3 N–H and O–H groups in total. The topological polar surface area (TPSA) is 50.5 Å². The summed E-state index contributed by atoms with van der Waals surface area (Å²) in [5.74, 6) is 6.45. The highest BCUT2D eigenvalue weighted by Crippen LogP contribution is 2.35. The largest absolute Gasteiger partial charge is 0.495 e.